The summed E-state index contributed by atoms with van der Waals surface area (Å²) in [5.74, 6) is 0.370. The third kappa shape index (κ3) is 5.27. The number of thiazole rings is 1. The molecule has 0 saturated heterocycles. The Labute approximate surface area is 150 Å². The molecule has 2 heterocycles. The predicted octanol–water partition coefficient (Wildman–Crippen LogP) is 2.30. The molecule has 10 heteroatoms. The van der Waals surface area contributed by atoms with E-state index in [1.165, 1.54) is 40.0 Å². The summed E-state index contributed by atoms with van der Waals surface area (Å²) in [5, 5.41) is 10.1. The molecule has 2 aromatic rings. The van der Waals surface area contributed by atoms with Gasteiger partial charge in [0.15, 0.2) is 10.9 Å². The van der Waals surface area contributed by atoms with Gasteiger partial charge in [-0.1, -0.05) is 6.42 Å². The molecule has 8 nitrogen and oxygen atoms in total. The van der Waals surface area contributed by atoms with E-state index in [1.807, 2.05) is 0 Å². The lowest BCUT2D eigenvalue weighted by atomic mass is 10.2. The van der Waals surface area contributed by atoms with Crippen LogP contribution in [0.1, 0.15) is 29.8 Å². The maximum atomic E-state index is 12.1. The monoisotopic (exact) mass is 383 g/mol. The van der Waals surface area contributed by atoms with Gasteiger partial charge in [0.25, 0.3) is 0 Å². The van der Waals surface area contributed by atoms with Crippen LogP contribution >= 0.6 is 11.3 Å². The highest BCUT2D eigenvalue weighted by molar-refractivity contribution is 7.90. The summed E-state index contributed by atoms with van der Waals surface area (Å²) < 4.78 is 23.8. The molecule has 25 heavy (non-hydrogen) atoms. The zero-order chi connectivity index (χ0) is 17.9. The Morgan fingerprint density at radius 1 is 1.28 bits per heavy atom. The van der Waals surface area contributed by atoms with Crippen LogP contribution in [0.15, 0.2) is 12.3 Å². The van der Waals surface area contributed by atoms with E-state index < -0.39 is 15.9 Å². The molecule has 0 atom stereocenters. The molecule has 136 valence electrons. The van der Waals surface area contributed by atoms with Crippen molar-refractivity contribution in [2.45, 2.75) is 38.6 Å². The Balaban J connectivity index is 1.55. The van der Waals surface area contributed by atoms with Crippen molar-refractivity contribution in [2.24, 2.45) is 0 Å². The van der Waals surface area contributed by atoms with Crippen molar-refractivity contribution in [1.29, 1.82) is 0 Å². The lowest BCUT2D eigenvalue weighted by Crippen LogP contribution is -2.20. The highest BCUT2D eigenvalue weighted by atomic mass is 32.2. The average Bonchev–Trinajstić information content (AvgIpc) is 3.06. The molecule has 3 rings (SSSR count). The number of fused-ring (bicyclic) bond motifs is 1. The number of carbonyl (C=O) groups excluding carboxylic acids is 1. The van der Waals surface area contributed by atoms with Gasteiger partial charge >= 0.3 is 6.03 Å². The standard InChI is InChI=1S/C15H21N5O3S2/c1-25(22,23)10-9-20-8-7-13(19-20)17-14(21)18-15-16-11-5-3-2-4-6-12(11)24-15/h7-8H,2-6,9-10H2,1H3,(H2,16,17,18,19,21). The fourth-order valence-corrected chi connectivity index (χ4v) is 4.20. The molecule has 2 aromatic heterocycles. The first-order chi connectivity index (χ1) is 11.9. The van der Waals surface area contributed by atoms with Crippen molar-refractivity contribution < 1.29 is 13.2 Å². The van der Waals surface area contributed by atoms with E-state index in [9.17, 15) is 13.2 Å². The number of amides is 2. The number of nitrogens with zero attached hydrogens (tertiary/aromatic N) is 3. The van der Waals surface area contributed by atoms with Gasteiger partial charge in [0.2, 0.25) is 0 Å². The first-order valence-electron chi connectivity index (χ1n) is 8.17. The Morgan fingerprint density at radius 2 is 2.08 bits per heavy atom. The number of nitrogens with one attached hydrogen (secondary N) is 2. The van der Waals surface area contributed by atoms with Gasteiger partial charge < -0.3 is 0 Å². The second-order valence-corrected chi connectivity index (χ2v) is 9.47. The predicted molar refractivity (Wildman–Crippen MR) is 98.0 cm³/mol. The molecule has 0 unspecified atom stereocenters. The Kier molecular flexibility index (Phi) is 5.38. The molecule has 0 aliphatic heterocycles. The molecular weight excluding hydrogens is 362 g/mol. The summed E-state index contributed by atoms with van der Waals surface area (Å²) in [4.78, 5) is 17.9. The van der Waals surface area contributed by atoms with E-state index in [-0.39, 0.29) is 12.3 Å². The molecule has 0 saturated carbocycles. The van der Waals surface area contributed by atoms with E-state index in [4.69, 9.17) is 0 Å². The van der Waals surface area contributed by atoms with Crippen molar-refractivity contribution in [1.82, 2.24) is 14.8 Å². The molecule has 2 amide bonds. The largest absolute Gasteiger partial charge is 0.326 e. The van der Waals surface area contributed by atoms with Gasteiger partial charge in [-0.3, -0.25) is 15.3 Å². The van der Waals surface area contributed by atoms with Crippen LogP contribution in [0.4, 0.5) is 15.7 Å². The molecule has 0 spiro atoms. The quantitative estimate of drug-likeness (QED) is 0.771. The summed E-state index contributed by atoms with van der Waals surface area (Å²) in [6.07, 6.45) is 8.36. The maximum Gasteiger partial charge on any atom is 0.326 e. The molecule has 1 aliphatic rings. The van der Waals surface area contributed by atoms with Crippen LogP contribution in [0.25, 0.3) is 0 Å². The fraction of sp³-hybridized carbons (Fsp3) is 0.533. The third-order valence-electron chi connectivity index (χ3n) is 3.89. The number of aromatic nitrogens is 3. The molecule has 1 aliphatic carbocycles. The summed E-state index contributed by atoms with van der Waals surface area (Å²) in [6, 6.07) is 1.22. The van der Waals surface area contributed by atoms with E-state index in [2.05, 4.69) is 20.7 Å². The molecule has 0 fully saturated rings. The van der Waals surface area contributed by atoms with Crippen LogP contribution in [-0.4, -0.2) is 41.2 Å². The van der Waals surface area contributed by atoms with Crippen molar-refractivity contribution in [3.63, 3.8) is 0 Å². The van der Waals surface area contributed by atoms with Gasteiger partial charge in [-0.15, -0.1) is 11.3 Å². The Hall–Kier alpha value is -1.94. The van der Waals surface area contributed by atoms with Crippen molar-refractivity contribution in [3.05, 3.63) is 22.8 Å². The summed E-state index contributed by atoms with van der Waals surface area (Å²) >= 11 is 1.53. The number of aryl methyl sites for hydroxylation is 3. The zero-order valence-corrected chi connectivity index (χ0v) is 15.6. The van der Waals surface area contributed by atoms with Crippen LogP contribution in [0.5, 0.6) is 0 Å². The fourth-order valence-electron chi connectivity index (χ4n) is 2.64. The van der Waals surface area contributed by atoms with Crippen LogP contribution < -0.4 is 10.6 Å². The first kappa shape index (κ1) is 17.9. The van der Waals surface area contributed by atoms with Gasteiger partial charge in [-0.25, -0.2) is 18.2 Å². The van der Waals surface area contributed by atoms with Gasteiger partial charge in [0, 0.05) is 23.4 Å². The van der Waals surface area contributed by atoms with E-state index in [1.54, 1.807) is 12.3 Å². The number of urea groups is 1. The Bertz CT molecular complexity index is 833. The van der Waals surface area contributed by atoms with Gasteiger partial charge in [-0.2, -0.15) is 5.10 Å². The number of carbonyl (C=O) groups is 1. The highest BCUT2D eigenvalue weighted by Crippen LogP contribution is 2.28. The number of hydrogen-bond acceptors (Lipinski definition) is 6. The Morgan fingerprint density at radius 3 is 2.88 bits per heavy atom. The summed E-state index contributed by atoms with van der Waals surface area (Å²) in [6.45, 7) is 0.251. The van der Waals surface area contributed by atoms with E-state index in [0.29, 0.717) is 10.9 Å². The van der Waals surface area contributed by atoms with Gasteiger partial charge in [-0.05, 0) is 25.7 Å². The molecule has 0 bridgehead atoms. The maximum absolute atomic E-state index is 12.1. The smallest absolute Gasteiger partial charge is 0.291 e. The molecule has 0 aromatic carbocycles. The van der Waals surface area contributed by atoms with Crippen LogP contribution in [0.2, 0.25) is 0 Å². The second kappa shape index (κ2) is 7.52. The molecular formula is C15H21N5O3S2. The van der Waals surface area contributed by atoms with Crippen molar-refractivity contribution in [3.8, 4) is 0 Å². The second-order valence-electron chi connectivity index (χ2n) is 6.12. The lowest BCUT2D eigenvalue weighted by Gasteiger charge is -2.03. The van der Waals surface area contributed by atoms with Crippen LogP contribution in [-0.2, 0) is 29.2 Å². The topological polar surface area (TPSA) is 106 Å². The minimum absolute atomic E-state index is 0.00495. The number of rotatable bonds is 5. The van der Waals surface area contributed by atoms with E-state index in [0.717, 1.165) is 25.0 Å². The summed E-state index contributed by atoms with van der Waals surface area (Å²) in [7, 11) is -3.05. The number of anilines is 2. The SMILES string of the molecule is CS(=O)(=O)CCn1ccc(NC(=O)Nc2nc3c(s2)CCCCC3)n1. The molecule has 0 radical (unpaired) electrons. The zero-order valence-electron chi connectivity index (χ0n) is 14.0. The average molecular weight is 383 g/mol. The van der Waals surface area contributed by atoms with Crippen molar-refractivity contribution in [2.75, 3.05) is 22.6 Å². The third-order valence-corrected chi connectivity index (χ3v) is 5.89. The number of hydrogen-bond donors (Lipinski definition) is 2. The lowest BCUT2D eigenvalue weighted by molar-refractivity contribution is 0.262. The normalized spacial score (nSPS) is 14.6. The van der Waals surface area contributed by atoms with Crippen LogP contribution in [0.3, 0.4) is 0 Å². The minimum Gasteiger partial charge on any atom is -0.291 e. The van der Waals surface area contributed by atoms with Crippen LogP contribution in [0, 0.1) is 0 Å². The summed E-state index contributed by atoms with van der Waals surface area (Å²) in [5.41, 5.74) is 1.10. The minimum atomic E-state index is -3.05. The van der Waals surface area contributed by atoms with E-state index >= 15 is 0 Å². The molecule has 2 N–H and O–H groups in total. The van der Waals surface area contributed by atoms with Crippen molar-refractivity contribution >= 4 is 38.2 Å². The number of sulfone groups is 1. The highest BCUT2D eigenvalue weighted by Gasteiger charge is 2.15. The van der Waals surface area contributed by atoms with Gasteiger partial charge in [0.1, 0.15) is 9.84 Å². The van der Waals surface area contributed by atoms with Gasteiger partial charge in [0.05, 0.1) is 18.0 Å². The first-order valence-corrected chi connectivity index (χ1v) is 11.0.